The van der Waals surface area contributed by atoms with E-state index in [4.69, 9.17) is 18.7 Å². The monoisotopic (exact) mass is 449 g/mol. The van der Waals surface area contributed by atoms with Crippen LogP contribution in [0.2, 0.25) is 0 Å². The summed E-state index contributed by atoms with van der Waals surface area (Å²) in [5, 5.41) is 4.03. The van der Waals surface area contributed by atoms with Gasteiger partial charge in [0.05, 0.1) is 12.7 Å². The molecule has 0 amide bonds. The maximum atomic E-state index is 11.2. The number of benzene rings is 2. The fraction of sp³-hybridized carbons (Fsp3) is 0.167. The van der Waals surface area contributed by atoms with Gasteiger partial charge in [0.25, 0.3) is 0 Å². The van der Waals surface area contributed by atoms with Crippen molar-refractivity contribution in [3.63, 3.8) is 0 Å². The zero-order chi connectivity index (χ0) is 19.9. The average molecular weight is 449 g/mol. The van der Waals surface area contributed by atoms with Gasteiger partial charge in [0.1, 0.15) is 31.3 Å². The molecule has 0 N–H and O–H groups in total. The Morgan fingerprint density at radius 2 is 1.87 bits per heavy atom. The normalized spacial score (nSPS) is 12.0. The summed E-state index contributed by atoms with van der Waals surface area (Å²) in [4.78, 5) is 22.4. The van der Waals surface area contributed by atoms with Crippen LogP contribution in [0.3, 0.4) is 0 Å². The maximum Gasteiger partial charge on any atom is 1.00 e. The van der Waals surface area contributed by atoms with Crippen LogP contribution in [0.1, 0.15) is 5.56 Å². The molecular weight excluding hydrogens is 435 g/mol. The fourth-order valence-corrected chi connectivity index (χ4v) is 3.40. The number of ether oxygens (including phenoxy) is 3. The van der Waals surface area contributed by atoms with Crippen molar-refractivity contribution in [3.05, 3.63) is 42.2 Å². The molecule has 1 aliphatic heterocycles. The van der Waals surface area contributed by atoms with Gasteiger partial charge >= 0.3 is 59.1 Å². The van der Waals surface area contributed by atoms with Crippen molar-refractivity contribution in [2.45, 2.75) is 6.92 Å². The van der Waals surface area contributed by atoms with Gasteiger partial charge in [0.2, 0.25) is 6.79 Å². The first-order valence-electron chi connectivity index (χ1n) is 8.11. The average Bonchev–Trinajstić information content (AvgIpc) is 3.29. The van der Waals surface area contributed by atoms with Crippen LogP contribution < -0.4 is 87.6 Å². The molecule has 0 unspecified atom stereocenters. The first-order valence-corrected chi connectivity index (χ1v) is 9.57. The third-order valence-corrected chi connectivity index (χ3v) is 4.61. The number of aryl methyl sites for hydroxylation is 1. The van der Waals surface area contributed by atoms with E-state index in [0.29, 0.717) is 39.6 Å². The molecule has 0 fully saturated rings. The second kappa shape index (κ2) is 10.1. The van der Waals surface area contributed by atoms with Gasteiger partial charge in [-0.15, -0.1) is 0 Å². The van der Waals surface area contributed by atoms with Gasteiger partial charge < -0.3 is 37.6 Å². The van der Waals surface area contributed by atoms with Crippen molar-refractivity contribution in [1.29, 1.82) is 0 Å². The summed E-state index contributed by atoms with van der Waals surface area (Å²) in [6.07, 6.45) is 1.34. The molecule has 12 heteroatoms. The molecule has 9 nitrogen and oxygen atoms in total. The van der Waals surface area contributed by atoms with Crippen molar-refractivity contribution in [3.8, 4) is 45.4 Å². The zero-order valence-corrected chi connectivity index (χ0v) is 21.7. The Hall–Kier alpha value is -1.00. The molecule has 1 aromatic heterocycles. The summed E-state index contributed by atoms with van der Waals surface area (Å²) in [5.41, 5.74) is 2.67. The van der Waals surface area contributed by atoms with E-state index in [-0.39, 0.29) is 71.7 Å². The van der Waals surface area contributed by atoms with Crippen LogP contribution in [0, 0.1) is 6.92 Å². The molecular formula is C18H14NNa2O8P. The van der Waals surface area contributed by atoms with Gasteiger partial charge in [-0.05, 0) is 36.8 Å². The second-order valence-corrected chi connectivity index (χ2v) is 7.08. The van der Waals surface area contributed by atoms with Gasteiger partial charge in [0, 0.05) is 17.2 Å². The molecule has 1 aliphatic rings. The maximum absolute atomic E-state index is 11.2. The van der Waals surface area contributed by atoms with E-state index in [1.54, 1.807) is 18.2 Å². The minimum absolute atomic E-state index is 0. The van der Waals surface area contributed by atoms with Crippen molar-refractivity contribution in [1.82, 2.24) is 5.16 Å². The Bertz CT molecular complexity index is 1100. The zero-order valence-electron chi connectivity index (χ0n) is 16.8. The van der Waals surface area contributed by atoms with Crippen molar-refractivity contribution in [2.75, 3.05) is 13.9 Å². The number of rotatable bonds is 5. The van der Waals surface area contributed by atoms with E-state index in [0.717, 1.165) is 5.56 Å². The first kappa shape index (κ1) is 25.3. The SMILES string of the molecule is COc1ccc(-c2conc2-c2cc(C)c3c(c2)OCO3)c(OP(=O)([O-])[O-])c1.[Na+].[Na+]. The van der Waals surface area contributed by atoms with E-state index in [9.17, 15) is 14.4 Å². The number of hydrogen-bond donors (Lipinski definition) is 0. The molecule has 0 spiro atoms. The van der Waals surface area contributed by atoms with E-state index in [2.05, 4.69) is 9.68 Å². The van der Waals surface area contributed by atoms with E-state index < -0.39 is 7.82 Å². The Labute approximate surface area is 216 Å². The smallest absolute Gasteiger partial charge is 0.780 e. The van der Waals surface area contributed by atoms with Crippen LogP contribution in [0.5, 0.6) is 23.0 Å². The minimum Gasteiger partial charge on any atom is -0.780 e. The predicted octanol–water partition coefficient (Wildman–Crippen LogP) is -3.73. The number of hydrogen-bond acceptors (Lipinski definition) is 9. The van der Waals surface area contributed by atoms with Gasteiger partial charge in [-0.2, -0.15) is 0 Å². The van der Waals surface area contributed by atoms with Crippen molar-refractivity contribution < 1.29 is 96.7 Å². The van der Waals surface area contributed by atoms with Crippen LogP contribution in [-0.4, -0.2) is 19.1 Å². The van der Waals surface area contributed by atoms with E-state index in [1.165, 1.54) is 19.4 Å². The van der Waals surface area contributed by atoms with E-state index in [1.807, 2.05) is 13.0 Å². The second-order valence-electron chi connectivity index (χ2n) is 6.00. The van der Waals surface area contributed by atoms with Crippen LogP contribution in [0.15, 0.2) is 41.1 Å². The summed E-state index contributed by atoms with van der Waals surface area (Å²) < 4.78 is 36.9. The molecule has 2 heterocycles. The van der Waals surface area contributed by atoms with Crippen LogP contribution in [-0.2, 0) is 4.57 Å². The molecule has 0 saturated heterocycles. The van der Waals surface area contributed by atoms with Crippen LogP contribution >= 0.6 is 7.82 Å². The van der Waals surface area contributed by atoms with Gasteiger partial charge in [-0.1, -0.05) is 5.16 Å². The summed E-state index contributed by atoms with van der Waals surface area (Å²) in [6.45, 7) is 1.99. The number of nitrogens with zero attached hydrogens (tertiary/aromatic N) is 1. The molecule has 0 radical (unpaired) electrons. The van der Waals surface area contributed by atoms with E-state index >= 15 is 0 Å². The Morgan fingerprint density at radius 1 is 1.10 bits per heavy atom. The van der Waals surface area contributed by atoms with Crippen molar-refractivity contribution >= 4 is 7.82 Å². The topological polar surface area (TPSA) is 126 Å². The van der Waals surface area contributed by atoms with Gasteiger partial charge in [-0.3, -0.25) is 0 Å². The quantitative estimate of drug-likeness (QED) is 0.286. The largest absolute Gasteiger partial charge is 1.00 e. The predicted molar refractivity (Wildman–Crippen MR) is 93.0 cm³/mol. The summed E-state index contributed by atoms with van der Waals surface area (Å²) in [7, 11) is -3.89. The molecule has 0 atom stereocenters. The molecule has 30 heavy (non-hydrogen) atoms. The Kier molecular flexibility index (Phi) is 8.49. The standard InChI is InChI=1S/C18H16NO8P.2Na/c1-10-5-11(6-16-18(10)25-9-24-16)17-14(8-26-19-17)13-4-3-12(23-2)7-15(13)27-28(20,21)22;;/h3-8H,9H2,1-2H3,(H2,20,21,22);;/q;2*+1/p-2. The Balaban J connectivity index is 0.00000160. The molecule has 0 aliphatic carbocycles. The van der Waals surface area contributed by atoms with Gasteiger partial charge in [0.15, 0.2) is 11.5 Å². The fourth-order valence-electron chi connectivity index (χ4n) is 3.01. The summed E-state index contributed by atoms with van der Waals surface area (Å²) in [6, 6.07) is 8.04. The third kappa shape index (κ3) is 5.24. The van der Waals surface area contributed by atoms with Crippen LogP contribution in [0.25, 0.3) is 22.4 Å². The molecule has 146 valence electrons. The van der Waals surface area contributed by atoms with Crippen molar-refractivity contribution in [2.24, 2.45) is 0 Å². The number of aromatic nitrogens is 1. The molecule has 2 aromatic carbocycles. The third-order valence-electron chi connectivity index (χ3n) is 4.19. The molecule has 3 aromatic rings. The minimum atomic E-state index is -5.30. The number of phosphoric ester groups is 1. The molecule has 0 saturated carbocycles. The van der Waals surface area contributed by atoms with Gasteiger partial charge in [-0.25, -0.2) is 0 Å². The number of fused-ring (bicyclic) bond motifs is 1. The first-order chi connectivity index (χ1) is 13.4. The summed E-state index contributed by atoms with van der Waals surface area (Å²) in [5.74, 6) is 1.36. The number of methoxy groups -OCH3 is 1. The molecule has 0 bridgehead atoms. The Morgan fingerprint density at radius 3 is 2.57 bits per heavy atom. The molecule has 4 rings (SSSR count). The van der Waals surface area contributed by atoms with Crippen LogP contribution in [0.4, 0.5) is 0 Å². The summed E-state index contributed by atoms with van der Waals surface area (Å²) >= 11 is 0. The number of phosphoric acid groups is 1.